The van der Waals surface area contributed by atoms with Crippen molar-refractivity contribution in [2.75, 3.05) is 5.32 Å². The van der Waals surface area contributed by atoms with Crippen LogP contribution in [-0.4, -0.2) is 22.1 Å². The lowest BCUT2D eigenvalue weighted by atomic mass is 9.99. The van der Waals surface area contributed by atoms with Crippen molar-refractivity contribution in [2.24, 2.45) is 0 Å². The number of pyridine rings is 2. The van der Waals surface area contributed by atoms with Gasteiger partial charge in [-0.05, 0) is 41.6 Å². The predicted octanol–water partition coefficient (Wildman–Crippen LogP) is 4.67. The van der Waals surface area contributed by atoms with E-state index in [0.29, 0.717) is 5.82 Å². The number of fused-ring (bicyclic) bond motifs is 1. The van der Waals surface area contributed by atoms with Crippen LogP contribution in [0.4, 0.5) is 19.0 Å². The molecule has 2 aromatic heterocycles. The highest BCUT2D eigenvalue weighted by molar-refractivity contribution is 5.92. The number of halogens is 3. The Morgan fingerprint density at radius 2 is 1.85 bits per heavy atom. The summed E-state index contributed by atoms with van der Waals surface area (Å²) in [6.07, 6.45) is -2.20. The molecule has 0 saturated carbocycles. The normalized spacial score (nSPS) is 11.6. The van der Waals surface area contributed by atoms with Crippen molar-refractivity contribution in [3.05, 3.63) is 54.0 Å². The molecule has 0 atom stereocenters. The molecule has 0 aliphatic rings. The van der Waals surface area contributed by atoms with Gasteiger partial charge in [0.1, 0.15) is 5.82 Å². The summed E-state index contributed by atoms with van der Waals surface area (Å²) in [7, 11) is 0. The molecule has 3 rings (SSSR count). The topological polar surface area (TPSA) is 54.9 Å². The van der Waals surface area contributed by atoms with Gasteiger partial charge < -0.3 is 5.32 Å². The lowest BCUT2D eigenvalue weighted by Gasteiger charge is -2.11. The molecule has 2 heterocycles. The molecule has 26 heavy (non-hydrogen) atoms. The van der Waals surface area contributed by atoms with Gasteiger partial charge in [0.15, 0.2) is 0 Å². The van der Waals surface area contributed by atoms with Crippen molar-refractivity contribution in [2.45, 2.75) is 26.4 Å². The third-order valence-electron chi connectivity index (χ3n) is 3.89. The second kappa shape index (κ2) is 6.74. The molecule has 0 bridgehead atoms. The van der Waals surface area contributed by atoms with Crippen molar-refractivity contribution >= 4 is 22.5 Å². The van der Waals surface area contributed by atoms with Gasteiger partial charge in [0.05, 0.1) is 6.42 Å². The van der Waals surface area contributed by atoms with Gasteiger partial charge in [0, 0.05) is 36.0 Å². The molecule has 1 N–H and O–H groups in total. The summed E-state index contributed by atoms with van der Waals surface area (Å²) >= 11 is 0. The number of aromatic nitrogens is 2. The average Bonchev–Trinajstić information content (AvgIpc) is 2.52. The molecular formula is C19H16F3N3O. The van der Waals surface area contributed by atoms with Crippen LogP contribution in [0.3, 0.4) is 0 Å². The molecule has 0 aliphatic heterocycles. The summed E-state index contributed by atoms with van der Waals surface area (Å²) in [5, 5.41) is 4.38. The molecule has 1 amide bonds. The quantitative estimate of drug-likeness (QED) is 0.739. The number of aryl methyl sites for hydroxylation is 1. The van der Waals surface area contributed by atoms with Crippen LogP contribution in [0.25, 0.3) is 21.9 Å². The molecule has 134 valence electrons. The first kappa shape index (κ1) is 17.8. The smallest absolute Gasteiger partial charge is 0.311 e. The van der Waals surface area contributed by atoms with Gasteiger partial charge in [0.2, 0.25) is 5.91 Å². The number of anilines is 1. The first-order chi connectivity index (χ1) is 12.2. The number of hydrogen-bond donors (Lipinski definition) is 1. The van der Waals surface area contributed by atoms with E-state index in [9.17, 15) is 18.0 Å². The molecule has 7 heteroatoms. The predicted molar refractivity (Wildman–Crippen MR) is 93.8 cm³/mol. The minimum Gasteiger partial charge on any atom is -0.311 e. The van der Waals surface area contributed by atoms with Crippen LogP contribution in [0.2, 0.25) is 0 Å². The number of rotatable bonds is 3. The Morgan fingerprint density at radius 1 is 1.08 bits per heavy atom. The fraction of sp³-hybridized carbons (Fsp3) is 0.211. The summed E-state index contributed by atoms with van der Waals surface area (Å²) < 4.78 is 37.5. The molecule has 0 fully saturated rings. The Bertz CT molecular complexity index is 983. The number of amides is 1. The minimum absolute atomic E-state index is 0.00107. The molecule has 0 radical (unpaired) electrons. The van der Waals surface area contributed by atoms with E-state index in [0.717, 1.165) is 27.5 Å². The summed E-state index contributed by atoms with van der Waals surface area (Å²) in [5.41, 5.74) is 2.33. The Labute approximate surface area is 148 Å². The average molecular weight is 359 g/mol. The molecule has 0 aliphatic carbocycles. The van der Waals surface area contributed by atoms with Crippen molar-refractivity contribution in [1.82, 2.24) is 9.97 Å². The third kappa shape index (κ3) is 4.17. The standard InChI is InChI=1S/C19H16F3N3O/c1-11-5-16(8-19(20,21)22)23-10-17(11)14-4-3-13-7-18(25-12(2)26)24-9-15(13)6-14/h3-7,9-10H,8H2,1-2H3,(H,24,25,26). The molecule has 1 aromatic carbocycles. The fourth-order valence-electron chi connectivity index (χ4n) is 2.78. The van der Waals surface area contributed by atoms with Gasteiger partial charge in [-0.3, -0.25) is 9.78 Å². The summed E-state index contributed by atoms with van der Waals surface area (Å²) in [6, 6.07) is 8.87. The van der Waals surface area contributed by atoms with E-state index in [-0.39, 0.29) is 11.6 Å². The van der Waals surface area contributed by atoms with Crippen LogP contribution < -0.4 is 5.32 Å². The van der Waals surface area contributed by atoms with Crippen LogP contribution in [0, 0.1) is 6.92 Å². The van der Waals surface area contributed by atoms with Crippen LogP contribution >= 0.6 is 0 Å². The number of benzene rings is 1. The molecule has 0 saturated heterocycles. The zero-order valence-corrected chi connectivity index (χ0v) is 14.2. The zero-order valence-electron chi connectivity index (χ0n) is 14.2. The van der Waals surface area contributed by atoms with E-state index >= 15 is 0 Å². The first-order valence-electron chi connectivity index (χ1n) is 7.91. The lowest BCUT2D eigenvalue weighted by molar-refractivity contribution is -0.127. The number of nitrogens with one attached hydrogen (secondary N) is 1. The van der Waals surface area contributed by atoms with E-state index in [1.807, 2.05) is 18.2 Å². The Morgan fingerprint density at radius 3 is 2.50 bits per heavy atom. The third-order valence-corrected chi connectivity index (χ3v) is 3.89. The van der Waals surface area contributed by atoms with E-state index < -0.39 is 12.6 Å². The molecule has 4 nitrogen and oxygen atoms in total. The number of carbonyl (C=O) groups excluding carboxylic acids is 1. The van der Waals surface area contributed by atoms with Crippen molar-refractivity contribution in [1.29, 1.82) is 0 Å². The van der Waals surface area contributed by atoms with Crippen LogP contribution in [-0.2, 0) is 11.2 Å². The highest BCUT2D eigenvalue weighted by Gasteiger charge is 2.28. The molecule has 0 spiro atoms. The van der Waals surface area contributed by atoms with E-state index in [2.05, 4.69) is 15.3 Å². The van der Waals surface area contributed by atoms with Crippen molar-refractivity contribution < 1.29 is 18.0 Å². The lowest BCUT2D eigenvalue weighted by Crippen LogP contribution is -2.12. The van der Waals surface area contributed by atoms with E-state index in [4.69, 9.17) is 0 Å². The summed E-state index contributed by atoms with van der Waals surface area (Å²) in [5.74, 6) is 0.265. The largest absolute Gasteiger partial charge is 0.394 e. The SMILES string of the molecule is CC(=O)Nc1cc2ccc(-c3cnc(CC(F)(F)F)cc3C)cc2cn1. The minimum atomic E-state index is -4.28. The van der Waals surface area contributed by atoms with E-state index in [1.54, 1.807) is 19.2 Å². The number of carbonyl (C=O) groups is 1. The van der Waals surface area contributed by atoms with Gasteiger partial charge in [0.25, 0.3) is 0 Å². The van der Waals surface area contributed by atoms with Crippen molar-refractivity contribution in [3.63, 3.8) is 0 Å². The first-order valence-corrected chi connectivity index (χ1v) is 7.91. The highest BCUT2D eigenvalue weighted by atomic mass is 19.4. The van der Waals surface area contributed by atoms with Crippen molar-refractivity contribution in [3.8, 4) is 11.1 Å². The monoisotopic (exact) mass is 359 g/mol. The van der Waals surface area contributed by atoms with Crippen LogP contribution in [0.15, 0.2) is 42.7 Å². The molecule has 0 unspecified atom stereocenters. The van der Waals surface area contributed by atoms with Gasteiger partial charge in [-0.1, -0.05) is 12.1 Å². The van der Waals surface area contributed by atoms with Gasteiger partial charge in [-0.2, -0.15) is 13.2 Å². The maximum absolute atomic E-state index is 12.5. The second-order valence-corrected chi connectivity index (χ2v) is 6.10. The van der Waals surface area contributed by atoms with Crippen LogP contribution in [0.1, 0.15) is 18.2 Å². The second-order valence-electron chi connectivity index (χ2n) is 6.10. The number of hydrogen-bond acceptors (Lipinski definition) is 3. The Hall–Kier alpha value is -2.96. The highest BCUT2D eigenvalue weighted by Crippen LogP contribution is 2.29. The number of nitrogens with zero attached hydrogens (tertiary/aromatic N) is 2. The maximum Gasteiger partial charge on any atom is 0.394 e. The maximum atomic E-state index is 12.5. The molecule has 3 aromatic rings. The van der Waals surface area contributed by atoms with Gasteiger partial charge in [-0.15, -0.1) is 0 Å². The zero-order chi connectivity index (χ0) is 18.9. The van der Waals surface area contributed by atoms with E-state index in [1.165, 1.54) is 19.2 Å². The van der Waals surface area contributed by atoms with Gasteiger partial charge in [-0.25, -0.2) is 4.98 Å². The van der Waals surface area contributed by atoms with Crippen LogP contribution in [0.5, 0.6) is 0 Å². The summed E-state index contributed by atoms with van der Waals surface area (Å²) in [6.45, 7) is 3.17. The number of alkyl halides is 3. The Kier molecular flexibility index (Phi) is 4.63. The summed E-state index contributed by atoms with van der Waals surface area (Å²) in [4.78, 5) is 19.2. The Balaban J connectivity index is 1.94. The fourth-order valence-corrected chi connectivity index (χ4v) is 2.78. The van der Waals surface area contributed by atoms with Gasteiger partial charge >= 0.3 is 6.18 Å². The molecular weight excluding hydrogens is 343 g/mol.